The van der Waals surface area contributed by atoms with E-state index in [0.29, 0.717) is 34.4 Å². The molecule has 2 aromatic rings. The second-order valence-electron chi connectivity index (χ2n) is 4.89. The average Bonchev–Trinajstić information content (AvgIpc) is 2.88. The first-order chi connectivity index (χ1) is 11.1. The predicted octanol–water partition coefficient (Wildman–Crippen LogP) is 3.70. The Morgan fingerprint density at radius 1 is 1.35 bits per heavy atom. The third-order valence-corrected chi connectivity index (χ3v) is 3.90. The van der Waals surface area contributed by atoms with Crippen LogP contribution in [0.15, 0.2) is 12.1 Å². The largest absolute Gasteiger partial charge is 0.493 e. The Bertz CT molecular complexity index is 714. The molecule has 0 bridgehead atoms. The molecule has 2 N–H and O–H groups in total. The SMILES string of the molecule is CCCc1n[nH]c(=S)n1NCc1cc(OCC)c(OC)cc1Cl. The maximum atomic E-state index is 6.33. The van der Waals surface area contributed by atoms with Crippen molar-refractivity contribution in [3.05, 3.63) is 33.3 Å². The number of hydrogen-bond acceptors (Lipinski definition) is 5. The first-order valence-electron chi connectivity index (χ1n) is 7.50. The van der Waals surface area contributed by atoms with Gasteiger partial charge in [0.1, 0.15) is 0 Å². The van der Waals surface area contributed by atoms with E-state index in [1.807, 2.05) is 13.0 Å². The van der Waals surface area contributed by atoms with Crippen molar-refractivity contribution in [1.29, 1.82) is 0 Å². The van der Waals surface area contributed by atoms with Crippen molar-refractivity contribution >= 4 is 23.8 Å². The van der Waals surface area contributed by atoms with Gasteiger partial charge in [-0.25, -0.2) is 4.68 Å². The third-order valence-electron chi connectivity index (χ3n) is 3.28. The monoisotopic (exact) mass is 356 g/mol. The van der Waals surface area contributed by atoms with Crippen LogP contribution >= 0.6 is 23.8 Å². The Balaban J connectivity index is 2.22. The summed E-state index contributed by atoms with van der Waals surface area (Å²) in [6, 6.07) is 3.63. The number of aromatic amines is 1. The fourth-order valence-corrected chi connectivity index (χ4v) is 2.62. The Morgan fingerprint density at radius 2 is 2.13 bits per heavy atom. The van der Waals surface area contributed by atoms with Gasteiger partial charge in [-0.3, -0.25) is 5.10 Å². The van der Waals surface area contributed by atoms with Gasteiger partial charge in [0.15, 0.2) is 17.3 Å². The van der Waals surface area contributed by atoms with Crippen molar-refractivity contribution in [2.75, 3.05) is 19.1 Å². The van der Waals surface area contributed by atoms with Crippen molar-refractivity contribution in [3.8, 4) is 11.5 Å². The zero-order valence-electron chi connectivity index (χ0n) is 13.5. The highest BCUT2D eigenvalue weighted by Gasteiger charge is 2.11. The van der Waals surface area contributed by atoms with Crippen molar-refractivity contribution in [3.63, 3.8) is 0 Å². The average molecular weight is 357 g/mol. The topological polar surface area (TPSA) is 64.1 Å². The second kappa shape index (κ2) is 8.21. The van der Waals surface area contributed by atoms with Gasteiger partial charge in [-0.05, 0) is 37.2 Å². The highest BCUT2D eigenvalue weighted by atomic mass is 35.5. The molecule has 0 aliphatic heterocycles. The minimum Gasteiger partial charge on any atom is -0.493 e. The molecule has 0 radical (unpaired) electrons. The molecule has 8 heteroatoms. The molecule has 126 valence electrons. The summed E-state index contributed by atoms with van der Waals surface area (Å²) in [5.74, 6) is 2.15. The molecule has 0 amide bonds. The first kappa shape index (κ1) is 17.6. The minimum atomic E-state index is 0.494. The fourth-order valence-electron chi connectivity index (χ4n) is 2.19. The Morgan fingerprint density at radius 3 is 2.78 bits per heavy atom. The number of halogens is 1. The normalized spacial score (nSPS) is 10.6. The van der Waals surface area contributed by atoms with Gasteiger partial charge < -0.3 is 14.9 Å². The van der Waals surface area contributed by atoms with E-state index >= 15 is 0 Å². The summed E-state index contributed by atoms with van der Waals surface area (Å²) in [5.41, 5.74) is 4.14. The highest BCUT2D eigenvalue weighted by molar-refractivity contribution is 7.71. The quantitative estimate of drug-likeness (QED) is 0.706. The zero-order valence-corrected chi connectivity index (χ0v) is 15.1. The molecular formula is C15H21ClN4O2S. The van der Waals surface area contributed by atoms with E-state index in [-0.39, 0.29) is 0 Å². The van der Waals surface area contributed by atoms with Crippen LogP contribution in [-0.2, 0) is 13.0 Å². The molecule has 0 unspecified atom stereocenters. The Labute approximate surface area is 145 Å². The highest BCUT2D eigenvalue weighted by Crippen LogP contribution is 2.33. The second-order valence-corrected chi connectivity index (χ2v) is 5.69. The van der Waals surface area contributed by atoms with Gasteiger partial charge in [-0.1, -0.05) is 18.5 Å². The van der Waals surface area contributed by atoms with Crippen molar-refractivity contribution in [2.24, 2.45) is 0 Å². The van der Waals surface area contributed by atoms with Crippen LogP contribution in [0.1, 0.15) is 31.7 Å². The summed E-state index contributed by atoms with van der Waals surface area (Å²) in [4.78, 5) is 0. The molecule has 0 aliphatic carbocycles. The molecule has 0 aliphatic rings. The van der Waals surface area contributed by atoms with E-state index in [0.717, 1.165) is 24.2 Å². The Hall–Kier alpha value is -1.73. The van der Waals surface area contributed by atoms with Gasteiger partial charge in [0, 0.05) is 17.5 Å². The number of hydrogen-bond donors (Lipinski definition) is 2. The molecule has 1 aromatic carbocycles. The molecule has 1 heterocycles. The standard InChI is InChI=1S/C15H21ClN4O2S/c1-4-6-14-18-19-15(23)20(14)17-9-10-7-13(22-5-2)12(21-3)8-11(10)16/h7-8,17H,4-6,9H2,1-3H3,(H,19,23). The van der Waals surface area contributed by atoms with Gasteiger partial charge in [0.25, 0.3) is 0 Å². The van der Waals surface area contributed by atoms with E-state index in [9.17, 15) is 0 Å². The first-order valence-corrected chi connectivity index (χ1v) is 8.28. The molecule has 6 nitrogen and oxygen atoms in total. The fraction of sp³-hybridized carbons (Fsp3) is 0.467. The lowest BCUT2D eigenvalue weighted by Gasteiger charge is -2.14. The lowest BCUT2D eigenvalue weighted by molar-refractivity contribution is 0.310. The molecule has 0 fully saturated rings. The number of H-pyrrole nitrogens is 1. The molecule has 0 saturated heterocycles. The van der Waals surface area contributed by atoms with Gasteiger partial charge in [-0.15, -0.1) is 0 Å². The molecule has 0 atom stereocenters. The van der Waals surface area contributed by atoms with E-state index in [1.165, 1.54) is 0 Å². The number of aromatic nitrogens is 3. The van der Waals surface area contributed by atoms with Crippen molar-refractivity contribution in [2.45, 2.75) is 33.2 Å². The zero-order chi connectivity index (χ0) is 16.8. The summed E-state index contributed by atoms with van der Waals surface area (Å²) in [6.45, 7) is 5.07. The number of ether oxygens (including phenoxy) is 2. The number of aryl methyl sites for hydroxylation is 1. The van der Waals surface area contributed by atoms with E-state index in [1.54, 1.807) is 17.9 Å². The lowest BCUT2D eigenvalue weighted by atomic mass is 10.2. The van der Waals surface area contributed by atoms with Crippen LogP contribution < -0.4 is 14.9 Å². The molecule has 1 aromatic heterocycles. The van der Waals surface area contributed by atoms with Crippen molar-refractivity contribution < 1.29 is 9.47 Å². The maximum Gasteiger partial charge on any atom is 0.214 e. The predicted molar refractivity (Wildman–Crippen MR) is 93.6 cm³/mol. The van der Waals surface area contributed by atoms with Crippen LogP contribution in [0.2, 0.25) is 5.02 Å². The molecule has 23 heavy (non-hydrogen) atoms. The molecule has 0 saturated carbocycles. The number of rotatable bonds is 8. The van der Waals surface area contributed by atoms with Crippen LogP contribution in [0.3, 0.4) is 0 Å². The van der Waals surface area contributed by atoms with E-state index in [4.69, 9.17) is 33.3 Å². The van der Waals surface area contributed by atoms with Crippen LogP contribution in [0, 0.1) is 4.77 Å². The van der Waals surface area contributed by atoms with Gasteiger partial charge in [0.05, 0.1) is 20.3 Å². The van der Waals surface area contributed by atoms with Crippen molar-refractivity contribution in [1.82, 2.24) is 14.9 Å². The smallest absolute Gasteiger partial charge is 0.214 e. The molecular weight excluding hydrogens is 336 g/mol. The molecule has 0 spiro atoms. The van der Waals surface area contributed by atoms with Gasteiger partial charge >= 0.3 is 0 Å². The number of benzene rings is 1. The van der Waals surface area contributed by atoms with Crippen LogP contribution in [0.4, 0.5) is 0 Å². The summed E-state index contributed by atoms with van der Waals surface area (Å²) >= 11 is 11.6. The maximum absolute atomic E-state index is 6.33. The lowest BCUT2D eigenvalue weighted by Crippen LogP contribution is -2.18. The minimum absolute atomic E-state index is 0.494. The van der Waals surface area contributed by atoms with Gasteiger partial charge in [0.2, 0.25) is 4.77 Å². The summed E-state index contributed by atoms with van der Waals surface area (Å²) in [7, 11) is 1.59. The number of nitrogens with zero attached hydrogens (tertiary/aromatic N) is 2. The van der Waals surface area contributed by atoms with E-state index < -0.39 is 0 Å². The van der Waals surface area contributed by atoms with E-state index in [2.05, 4.69) is 22.5 Å². The number of nitrogens with one attached hydrogen (secondary N) is 2. The van der Waals surface area contributed by atoms with Gasteiger partial charge in [-0.2, -0.15) is 5.10 Å². The Kier molecular flexibility index (Phi) is 6.29. The summed E-state index contributed by atoms with van der Waals surface area (Å²) < 4.78 is 13.2. The third kappa shape index (κ3) is 4.17. The summed E-state index contributed by atoms with van der Waals surface area (Å²) in [6.07, 6.45) is 1.82. The molecule has 2 rings (SSSR count). The van der Waals surface area contributed by atoms with Crippen LogP contribution in [0.25, 0.3) is 0 Å². The van der Waals surface area contributed by atoms with Crippen LogP contribution in [0.5, 0.6) is 11.5 Å². The summed E-state index contributed by atoms with van der Waals surface area (Å²) in [5, 5.41) is 7.62. The number of methoxy groups -OCH3 is 1. The van der Waals surface area contributed by atoms with Crippen LogP contribution in [-0.4, -0.2) is 28.6 Å².